The van der Waals surface area contributed by atoms with Crippen LogP contribution in [-0.4, -0.2) is 16.1 Å². The van der Waals surface area contributed by atoms with Crippen LogP contribution in [0.15, 0.2) is 18.3 Å². The lowest BCUT2D eigenvalue weighted by Crippen LogP contribution is -1.90. The molecular weight excluding hydrogens is 164 g/mol. The fraction of sp³-hybridized carbons (Fsp3) is 0.200. The topological polar surface area (TPSA) is 34.9 Å². The quantitative estimate of drug-likeness (QED) is 0.617. The van der Waals surface area contributed by atoms with Gasteiger partial charge in [-0.15, -0.1) is 0 Å². The third-order valence-electron chi connectivity index (χ3n) is 2.37. The van der Waals surface area contributed by atoms with Gasteiger partial charge in [-0.2, -0.15) is 5.10 Å². The lowest BCUT2D eigenvalue weighted by Gasteiger charge is -1.99. The van der Waals surface area contributed by atoms with Gasteiger partial charge >= 0.3 is 0 Å². The molecule has 2 aromatic rings. The summed E-state index contributed by atoms with van der Waals surface area (Å²) in [5, 5.41) is 5.18. The van der Waals surface area contributed by atoms with E-state index in [1.165, 1.54) is 0 Å². The van der Waals surface area contributed by atoms with Crippen LogP contribution >= 0.6 is 0 Å². The van der Waals surface area contributed by atoms with Crippen molar-refractivity contribution in [1.29, 1.82) is 0 Å². The van der Waals surface area contributed by atoms with Crippen LogP contribution in [-0.2, 0) is 7.05 Å². The van der Waals surface area contributed by atoms with Gasteiger partial charge in [0.25, 0.3) is 0 Å². The number of hydrogen-bond donors (Lipinski definition) is 0. The molecule has 1 heterocycles. The Morgan fingerprint density at radius 2 is 2.23 bits per heavy atom. The Kier molecular flexibility index (Phi) is 1.65. The minimum absolute atomic E-state index is 0.737. The second-order valence-corrected chi connectivity index (χ2v) is 3.10. The molecule has 13 heavy (non-hydrogen) atoms. The van der Waals surface area contributed by atoms with Crippen LogP contribution in [0.25, 0.3) is 10.9 Å². The van der Waals surface area contributed by atoms with E-state index in [-0.39, 0.29) is 0 Å². The van der Waals surface area contributed by atoms with Crippen LogP contribution in [0.4, 0.5) is 0 Å². The lowest BCUT2D eigenvalue weighted by atomic mass is 10.1. The molecule has 3 nitrogen and oxygen atoms in total. The molecule has 0 fully saturated rings. The minimum atomic E-state index is 0.737. The predicted octanol–water partition coefficient (Wildman–Crippen LogP) is 1.69. The van der Waals surface area contributed by atoms with Crippen molar-refractivity contribution >= 4 is 17.2 Å². The molecule has 0 radical (unpaired) electrons. The van der Waals surface area contributed by atoms with E-state index in [9.17, 15) is 4.79 Å². The first kappa shape index (κ1) is 7.98. The SMILES string of the molecule is Cc1c(C=O)ccc2c1cnn2C. The fourth-order valence-electron chi connectivity index (χ4n) is 1.51. The molecular formula is C10H10N2O. The number of carbonyl (C=O) groups excluding carboxylic acids is 1. The van der Waals surface area contributed by atoms with Gasteiger partial charge in [0.15, 0.2) is 0 Å². The van der Waals surface area contributed by atoms with Crippen molar-refractivity contribution in [3.05, 3.63) is 29.5 Å². The van der Waals surface area contributed by atoms with Gasteiger partial charge in [-0.25, -0.2) is 0 Å². The highest BCUT2D eigenvalue weighted by Gasteiger charge is 2.05. The van der Waals surface area contributed by atoms with Crippen molar-refractivity contribution in [1.82, 2.24) is 9.78 Å². The zero-order valence-electron chi connectivity index (χ0n) is 7.61. The third kappa shape index (κ3) is 1.04. The molecule has 66 valence electrons. The molecule has 0 spiro atoms. The summed E-state index contributed by atoms with van der Waals surface area (Å²) in [4.78, 5) is 10.7. The van der Waals surface area contributed by atoms with Gasteiger partial charge in [-0.05, 0) is 24.6 Å². The van der Waals surface area contributed by atoms with Crippen molar-refractivity contribution in [3.63, 3.8) is 0 Å². The summed E-state index contributed by atoms with van der Waals surface area (Å²) in [5.74, 6) is 0. The zero-order valence-corrected chi connectivity index (χ0v) is 7.61. The molecule has 0 N–H and O–H groups in total. The van der Waals surface area contributed by atoms with E-state index in [1.54, 1.807) is 10.9 Å². The van der Waals surface area contributed by atoms with Gasteiger partial charge in [-0.3, -0.25) is 9.48 Å². The summed E-state index contributed by atoms with van der Waals surface area (Å²) < 4.78 is 1.80. The molecule has 0 saturated carbocycles. The number of nitrogens with zero attached hydrogens (tertiary/aromatic N) is 2. The Labute approximate surface area is 76.0 Å². The van der Waals surface area contributed by atoms with E-state index in [2.05, 4.69) is 5.10 Å². The molecule has 0 amide bonds. The highest BCUT2D eigenvalue weighted by atomic mass is 16.1. The monoisotopic (exact) mass is 174 g/mol. The van der Waals surface area contributed by atoms with Gasteiger partial charge < -0.3 is 0 Å². The van der Waals surface area contributed by atoms with Crippen molar-refractivity contribution in [2.24, 2.45) is 7.05 Å². The van der Waals surface area contributed by atoms with E-state index in [0.29, 0.717) is 0 Å². The van der Waals surface area contributed by atoms with Gasteiger partial charge in [0.05, 0.1) is 11.7 Å². The number of fused-ring (bicyclic) bond motifs is 1. The minimum Gasteiger partial charge on any atom is -0.298 e. The molecule has 3 heteroatoms. The molecule has 1 aromatic carbocycles. The molecule has 0 atom stereocenters. The summed E-state index contributed by atoms with van der Waals surface area (Å²) in [6.45, 7) is 1.94. The smallest absolute Gasteiger partial charge is 0.150 e. The molecule has 2 rings (SSSR count). The molecule has 0 bridgehead atoms. The van der Waals surface area contributed by atoms with E-state index in [4.69, 9.17) is 0 Å². The van der Waals surface area contributed by atoms with Crippen LogP contribution in [0.2, 0.25) is 0 Å². The standard InChI is InChI=1S/C10H10N2O/c1-7-8(6-13)3-4-10-9(7)5-11-12(10)2/h3-6H,1-2H3. The first-order chi connectivity index (χ1) is 6.24. The number of aldehydes is 1. The number of aromatic nitrogens is 2. The summed E-state index contributed by atoms with van der Waals surface area (Å²) in [7, 11) is 1.89. The molecule has 0 saturated heterocycles. The molecule has 0 unspecified atom stereocenters. The Hall–Kier alpha value is -1.64. The van der Waals surface area contributed by atoms with Crippen LogP contribution in [0.5, 0.6) is 0 Å². The van der Waals surface area contributed by atoms with Gasteiger partial charge in [0.1, 0.15) is 6.29 Å². The highest BCUT2D eigenvalue weighted by Crippen LogP contribution is 2.19. The molecule has 1 aromatic heterocycles. The van der Waals surface area contributed by atoms with Crippen LogP contribution in [0.1, 0.15) is 15.9 Å². The van der Waals surface area contributed by atoms with Crippen LogP contribution in [0, 0.1) is 6.92 Å². The molecule has 0 aliphatic heterocycles. The van der Waals surface area contributed by atoms with E-state index in [1.807, 2.05) is 26.1 Å². The maximum absolute atomic E-state index is 10.7. The van der Waals surface area contributed by atoms with Crippen LogP contribution < -0.4 is 0 Å². The first-order valence-electron chi connectivity index (χ1n) is 4.10. The number of rotatable bonds is 1. The second kappa shape index (κ2) is 2.69. The Balaban J connectivity index is 2.87. The Morgan fingerprint density at radius 3 is 2.92 bits per heavy atom. The second-order valence-electron chi connectivity index (χ2n) is 3.10. The van der Waals surface area contributed by atoms with Gasteiger partial charge in [-0.1, -0.05) is 0 Å². The molecule has 0 aliphatic carbocycles. The van der Waals surface area contributed by atoms with E-state index >= 15 is 0 Å². The number of carbonyl (C=O) groups is 1. The van der Waals surface area contributed by atoms with Crippen molar-refractivity contribution in [2.45, 2.75) is 6.92 Å². The summed E-state index contributed by atoms with van der Waals surface area (Å²) in [6.07, 6.45) is 2.67. The number of aryl methyl sites for hydroxylation is 2. The maximum Gasteiger partial charge on any atom is 0.150 e. The predicted molar refractivity (Wildman–Crippen MR) is 50.8 cm³/mol. The maximum atomic E-state index is 10.7. The third-order valence-corrected chi connectivity index (χ3v) is 2.37. The van der Waals surface area contributed by atoms with E-state index < -0.39 is 0 Å². The average molecular weight is 174 g/mol. The normalized spacial score (nSPS) is 10.6. The number of hydrogen-bond acceptors (Lipinski definition) is 2. The Morgan fingerprint density at radius 1 is 1.46 bits per heavy atom. The lowest BCUT2D eigenvalue weighted by molar-refractivity contribution is 0.112. The van der Waals surface area contributed by atoms with Crippen molar-refractivity contribution in [2.75, 3.05) is 0 Å². The Bertz CT molecular complexity index is 471. The highest BCUT2D eigenvalue weighted by molar-refractivity contribution is 5.90. The average Bonchev–Trinajstić information content (AvgIpc) is 2.50. The zero-order chi connectivity index (χ0) is 9.42. The van der Waals surface area contributed by atoms with Gasteiger partial charge in [0.2, 0.25) is 0 Å². The fourth-order valence-corrected chi connectivity index (χ4v) is 1.51. The first-order valence-corrected chi connectivity index (χ1v) is 4.10. The molecule has 0 aliphatic rings. The number of benzene rings is 1. The van der Waals surface area contributed by atoms with Crippen molar-refractivity contribution < 1.29 is 4.79 Å². The van der Waals surface area contributed by atoms with Crippen molar-refractivity contribution in [3.8, 4) is 0 Å². The van der Waals surface area contributed by atoms with Gasteiger partial charge in [0, 0.05) is 18.0 Å². The summed E-state index contributed by atoms with van der Waals surface area (Å²) in [5.41, 5.74) is 2.80. The van der Waals surface area contributed by atoms with Crippen LogP contribution in [0.3, 0.4) is 0 Å². The summed E-state index contributed by atoms with van der Waals surface area (Å²) >= 11 is 0. The van der Waals surface area contributed by atoms with E-state index in [0.717, 1.165) is 28.3 Å². The summed E-state index contributed by atoms with van der Waals surface area (Å²) in [6, 6.07) is 3.74. The largest absolute Gasteiger partial charge is 0.298 e.